The van der Waals surface area contributed by atoms with Crippen LogP contribution in [0.4, 0.5) is 5.69 Å². The van der Waals surface area contributed by atoms with Gasteiger partial charge in [0.2, 0.25) is 0 Å². The van der Waals surface area contributed by atoms with E-state index in [2.05, 4.69) is 31.3 Å². The zero-order valence-corrected chi connectivity index (χ0v) is 16.3. The Bertz CT molecular complexity index is 641. The van der Waals surface area contributed by atoms with Crippen molar-refractivity contribution in [3.63, 3.8) is 0 Å². The highest BCUT2D eigenvalue weighted by atomic mass is 32.2. The van der Waals surface area contributed by atoms with Gasteiger partial charge in [-0.25, -0.2) is 8.42 Å². The maximum Gasteiger partial charge on any atom is 0.173 e. The molecule has 0 unspecified atom stereocenters. The summed E-state index contributed by atoms with van der Waals surface area (Å²) in [6, 6.07) is 8.36. The molecule has 0 radical (unpaired) electrons. The SMILES string of the molecule is CCCCc1ccc(NC(=S)N(CCC)[C@H]2CCS(=O)(=O)C2)cc1. The van der Waals surface area contributed by atoms with Crippen molar-refractivity contribution in [1.82, 2.24) is 4.90 Å². The maximum atomic E-state index is 11.8. The average molecular weight is 369 g/mol. The van der Waals surface area contributed by atoms with Crippen molar-refractivity contribution in [2.75, 3.05) is 23.4 Å². The second kappa shape index (κ2) is 8.81. The van der Waals surface area contributed by atoms with E-state index < -0.39 is 9.84 Å². The molecular formula is C18H28N2O2S2. The fourth-order valence-electron chi connectivity index (χ4n) is 3.04. The molecule has 0 bridgehead atoms. The minimum Gasteiger partial charge on any atom is -0.345 e. The van der Waals surface area contributed by atoms with Gasteiger partial charge in [0.05, 0.1) is 11.5 Å². The number of anilines is 1. The molecular weight excluding hydrogens is 340 g/mol. The number of thiocarbonyl (C=S) groups is 1. The third-order valence-corrected chi connectivity index (χ3v) is 6.49. The molecule has 1 aromatic rings. The van der Waals surface area contributed by atoms with Crippen molar-refractivity contribution in [3.05, 3.63) is 29.8 Å². The highest BCUT2D eigenvalue weighted by Crippen LogP contribution is 2.20. The Balaban J connectivity index is 2.00. The van der Waals surface area contributed by atoms with E-state index in [-0.39, 0.29) is 17.5 Å². The molecule has 134 valence electrons. The molecule has 1 aromatic carbocycles. The summed E-state index contributed by atoms with van der Waals surface area (Å²) in [5.74, 6) is 0.484. The van der Waals surface area contributed by atoms with Crippen molar-refractivity contribution in [2.24, 2.45) is 0 Å². The van der Waals surface area contributed by atoms with Gasteiger partial charge in [0.15, 0.2) is 14.9 Å². The summed E-state index contributed by atoms with van der Waals surface area (Å²) >= 11 is 5.56. The molecule has 0 aromatic heterocycles. The van der Waals surface area contributed by atoms with Gasteiger partial charge in [-0.3, -0.25) is 0 Å². The van der Waals surface area contributed by atoms with Crippen LogP contribution in [0.3, 0.4) is 0 Å². The highest BCUT2D eigenvalue weighted by molar-refractivity contribution is 7.91. The predicted molar refractivity (Wildman–Crippen MR) is 105 cm³/mol. The quantitative estimate of drug-likeness (QED) is 0.745. The van der Waals surface area contributed by atoms with E-state index in [0.717, 1.165) is 25.1 Å². The lowest BCUT2D eigenvalue weighted by atomic mass is 10.1. The van der Waals surface area contributed by atoms with E-state index >= 15 is 0 Å². The van der Waals surface area contributed by atoms with Crippen LogP contribution in [0.25, 0.3) is 0 Å². The van der Waals surface area contributed by atoms with Crippen LogP contribution in [0.1, 0.15) is 45.1 Å². The van der Waals surface area contributed by atoms with Crippen LogP contribution in [0.5, 0.6) is 0 Å². The summed E-state index contributed by atoms with van der Waals surface area (Å²) in [6.45, 7) is 5.06. The molecule has 1 N–H and O–H groups in total. The monoisotopic (exact) mass is 368 g/mol. The van der Waals surface area contributed by atoms with Gasteiger partial charge < -0.3 is 10.2 Å². The summed E-state index contributed by atoms with van der Waals surface area (Å²) in [5.41, 5.74) is 2.29. The van der Waals surface area contributed by atoms with Gasteiger partial charge in [-0.1, -0.05) is 32.4 Å². The van der Waals surface area contributed by atoms with Crippen molar-refractivity contribution in [2.45, 2.75) is 52.0 Å². The largest absolute Gasteiger partial charge is 0.345 e. The Hall–Kier alpha value is -1.14. The Kier molecular flexibility index (Phi) is 7.04. The molecule has 6 heteroatoms. The van der Waals surface area contributed by atoms with Gasteiger partial charge in [-0.15, -0.1) is 0 Å². The first-order valence-corrected chi connectivity index (χ1v) is 11.0. The summed E-state index contributed by atoms with van der Waals surface area (Å²) in [4.78, 5) is 2.05. The summed E-state index contributed by atoms with van der Waals surface area (Å²) in [7, 11) is -2.91. The van der Waals surface area contributed by atoms with E-state index in [0.29, 0.717) is 11.5 Å². The molecule has 1 heterocycles. The molecule has 1 aliphatic heterocycles. The Morgan fingerprint density at radius 2 is 1.96 bits per heavy atom. The maximum absolute atomic E-state index is 11.8. The first-order valence-electron chi connectivity index (χ1n) is 8.82. The Morgan fingerprint density at radius 1 is 1.25 bits per heavy atom. The smallest absolute Gasteiger partial charge is 0.173 e. The van der Waals surface area contributed by atoms with Gasteiger partial charge in [0.25, 0.3) is 0 Å². The number of hydrogen-bond acceptors (Lipinski definition) is 3. The molecule has 2 rings (SSSR count). The fourth-order valence-corrected chi connectivity index (χ4v) is 5.13. The molecule has 1 aliphatic rings. The molecule has 1 saturated heterocycles. The molecule has 0 aliphatic carbocycles. The standard InChI is InChI=1S/C18H28N2O2S2/c1-3-5-6-15-7-9-16(10-8-15)19-18(23)20(12-4-2)17-11-13-24(21,22)14-17/h7-10,17H,3-6,11-14H2,1-2H3,(H,19,23)/t17-/m0/s1. The molecule has 1 fully saturated rings. The normalized spacial score (nSPS) is 19.2. The van der Waals surface area contributed by atoms with E-state index in [4.69, 9.17) is 12.2 Å². The second-order valence-corrected chi connectivity index (χ2v) is 9.10. The predicted octanol–water partition coefficient (Wildman–Crippen LogP) is 3.63. The Morgan fingerprint density at radius 3 is 2.50 bits per heavy atom. The van der Waals surface area contributed by atoms with Crippen LogP contribution < -0.4 is 5.32 Å². The minimum absolute atomic E-state index is 0.00113. The van der Waals surface area contributed by atoms with Crippen molar-refractivity contribution in [1.29, 1.82) is 0 Å². The van der Waals surface area contributed by atoms with Crippen molar-refractivity contribution >= 4 is 32.9 Å². The average Bonchev–Trinajstić information content (AvgIpc) is 2.91. The summed E-state index contributed by atoms with van der Waals surface area (Å²) in [6.07, 6.45) is 5.10. The van der Waals surface area contributed by atoms with Crippen LogP contribution in [-0.2, 0) is 16.3 Å². The topological polar surface area (TPSA) is 49.4 Å². The van der Waals surface area contributed by atoms with Gasteiger partial charge in [-0.2, -0.15) is 0 Å². The third-order valence-electron chi connectivity index (χ3n) is 4.40. The number of hydrogen-bond donors (Lipinski definition) is 1. The third kappa shape index (κ3) is 5.45. The van der Waals surface area contributed by atoms with Crippen LogP contribution in [0.15, 0.2) is 24.3 Å². The highest BCUT2D eigenvalue weighted by Gasteiger charge is 2.33. The zero-order valence-electron chi connectivity index (χ0n) is 14.6. The van der Waals surface area contributed by atoms with E-state index in [1.54, 1.807) is 0 Å². The van der Waals surface area contributed by atoms with E-state index in [9.17, 15) is 8.42 Å². The molecule has 0 amide bonds. The molecule has 4 nitrogen and oxygen atoms in total. The molecule has 1 atom stereocenters. The summed E-state index contributed by atoms with van der Waals surface area (Å²) < 4.78 is 23.5. The van der Waals surface area contributed by atoms with Crippen LogP contribution in [0, 0.1) is 0 Å². The minimum atomic E-state index is -2.91. The zero-order chi connectivity index (χ0) is 17.6. The second-order valence-electron chi connectivity index (χ2n) is 6.48. The first-order chi connectivity index (χ1) is 11.4. The number of nitrogens with zero attached hydrogens (tertiary/aromatic N) is 1. The lowest BCUT2D eigenvalue weighted by Crippen LogP contribution is -2.43. The number of aryl methyl sites for hydroxylation is 1. The lowest BCUT2D eigenvalue weighted by Gasteiger charge is -2.30. The van der Waals surface area contributed by atoms with Crippen LogP contribution in [-0.4, -0.2) is 42.5 Å². The lowest BCUT2D eigenvalue weighted by molar-refractivity contribution is 0.339. The van der Waals surface area contributed by atoms with Gasteiger partial charge in [0.1, 0.15) is 0 Å². The number of benzene rings is 1. The van der Waals surface area contributed by atoms with E-state index in [1.165, 1.54) is 18.4 Å². The van der Waals surface area contributed by atoms with Crippen molar-refractivity contribution in [3.8, 4) is 0 Å². The summed E-state index contributed by atoms with van der Waals surface area (Å²) in [5, 5.41) is 3.90. The van der Waals surface area contributed by atoms with Crippen molar-refractivity contribution < 1.29 is 8.42 Å². The molecule has 24 heavy (non-hydrogen) atoms. The fraction of sp³-hybridized carbons (Fsp3) is 0.611. The number of sulfone groups is 1. The number of rotatable bonds is 7. The van der Waals surface area contributed by atoms with Gasteiger partial charge >= 0.3 is 0 Å². The van der Waals surface area contributed by atoms with Crippen LogP contribution >= 0.6 is 12.2 Å². The Labute approximate surface area is 151 Å². The molecule has 0 spiro atoms. The van der Waals surface area contributed by atoms with Gasteiger partial charge in [0, 0.05) is 18.3 Å². The molecule has 0 saturated carbocycles. The van der Waals surface area contributed by atoms with Crippen LogP contribution in [0.2, 0.25) is 0 Å². The number of nitrogens with one attached hydrogen (secondary N) is 1. The van der Waals surface area contributed by atoms with E-state index in [1.807, 2.05) is 17.0 Å². The number of unbranched alkanes of at least 4 members (excludes halogenated alkanes) is 1. The van der Waals surface area contributed by atoms with Gasteiger partial charge in [-0.05, 0) is 55.6 Å². The first kappa shape index (κ1) is 19.2.